The van der Waals surface area contributed by atoms with Gasteiger partial charge in [0.2, 0.25) is 0 Å². The molecule has 1 atom stereocenters. The van der Waals surface area contributed by atoms with Crippen LogP contribution in [0.4, 0.5) is 8.78 Å². The zero-order valence-corrected chi connectivity index (χ0v) is 10.1. The summed E-state index contributed by atoms with van der Waals surface area (Å²) in [5.41, 5.74) is 0.116. The summed E-state index contributed by atoms with van der Waals surface area (Å²) in [5.74, 6) is -2.03. The van der Waals surface area contributed by atoms with E-state index < -0.39 is 17.5 Å². The number of rotatable bonds is 4. The molecule has 0 aliphatic rings. The zero-order chi connectivity index (χ0) is 13.0. The van der Waals surface area contributed by atoms with Crippen LogP contribution in [-0.2, 0) is 0 Å². The normalized spacial score (nSPS) is 12.3. The minimum atomic E-state index is -0.845. The summed E-state index contributed by atoms with van der Waals surface area (Å²) >= 11 is 0. The number of nitrogens with one attached hydrogen (secondary N) is 2. The Morgan fingerprint density at radius 3 is 2.59 bits per heavy atom. The Morgan fingerprint density at radius 1 is 1.35 bits per heavy atom. The Bertz CT molecular complexity index is 421. The summed E-state index contributed by atoms with van der Waals surface area (Å²) in [6.45, 7) is 3.75. The van der Waals surface area contributed by atoms with Crippen LogP contribution in [0.3, 0.4) is 0 Å². The van der Waals surface area contributed by atoms with Gasteiger partial charge in [-0.3, -0.25) is 4.79 Å². The van der Waals surface area contributed by atoms with Gasteiger partial charge in [0, 0.05) is 18.7 Å². The number of carbonyl (C=O) groups is 1. The lowest BCUT2D eigenvalue weighted by Crippen LogP contribution is -2.37. The van der Waals surface area contributed by atoms with Crippen molar-refractivity contribution in [2.24, 2.45) is 0 Å². The van der Waals surface area contributed by atoms with Crippen LogP contribution in [0.2, 0.25) is 0 Å². The Kier molecular flexibility index (Phi) is 4.57. The highest BCUT2D eigenvalue weighted by atomic mass is 19.1. The first kappa shape index (κ1) is 13.6. The van der Waals surface area contributed by atoms with E-state index in [9.17, 15) is 13.6 Å². The lowest BCUT2D eigenvalue weighted by Gasteiger charge is -2.12. The minimum absolute atomic E-state index is 0.0866. The first-order valence-electron chi connectivity index (χ1n) is 5.36. The van der Waals surface area contributed by atoms with E-state index in [-0.39, 0.29) is 17.2 Å². The molecule has 1 rings (SSSR count). The van der Waals surface area contributed by atoms with Gasteiger partial charge in [0.1, 0.15) is 11.6 Å². The van der Waals surface area contributed by atoms with Crippen molar-refractivity contribution >= 4 is 5.91 Å². The third-order valence-corrected chi connectivity index (χ3v) is 2.55. The highest BCUT2D eigenvalue weighted by molar-refractivity contribution is 5.94. The molecule has 0 aromatic heterocycles. The molecule has 1 amide bonds. The van der Waals surface area contributed by atoms with Crippen LogP contribution in [0.15, 0.2) is 12.1 Å². The van der Waals surface area contributed by atoms with Gasteiger partial charge >= 0.3 is 0 Å². The molecule has 0 aliphatic heterocycles. The van der Waals surface area contributed by atoms with Gasteiger partial charge in [-0.1, -0.05) is 0 Å². The fourth-order valence-electron chi connectivity index (χ4n) is 1.27. The number of benzene rings is 1. The van der Waals surface area contributed by atoms with Crippen LogP contribution in [-0.4, -0.2) is 25.5 Å². The molecule has 1 unspecified atom stereocenters. The molecule has 0 saturated carbocycles. The number of halogens is 2. The average molecular weight is 242 g/mol. The maximum Gasteiger partial charge on any atom is 0.254 e. The minimum Gasteiger partial charge on any atom is -0.350 e. The van der Waals surface area contributed by atoms with Gasteiger partial charge in [0.25, 0.3) is 5.91 Å². The summed E-state index contributed by atoms with van der Waals surface area (Å²) in [5, 5.41) is 5.51. The number of carbonyl (C=O) groups excluding carboxylic acids is 1. The van der Waals surface area contributed by atoms with E-state index in [0.717, 1.165) is 6.07 Å². The van der Waals surface area contributed by atoms with Crippen molar-refractivity contribution in [2.45, 2.75) is 19.9 Å². The van der Waals surface area contributed by atoms with E-state index in [1.807, 2.05) is 6.92 Å². The summed E-state index contributed by atoms with van der Waals surface area (Å²) in [6.07, 6.45) is 0. The second-order valence-electron chi connectivity index (χ2n) is 3.98. The molecule has 2 N–H and O–H groups in total. The molecule has 1 aromatic carbocycles. The fraction of sp³-hybridized carbons (Fsp3) is 0.417. The lowest BCUT2D eigenvalue weighted by atomic mass is 10.1. The third kappa shape index (κ3) is 3.49. The SMILES string of the molecule is CNC(C)CNC(=O)c1cc(C)c(F)cc1F. The van der Waals surface area contributed by atoms with Gasteiger partial charge in [-0.05, 0) is 32.5 Å². The molecular formula is C12H16F2N2O. The molecule has 1 aromatic rings. The second-order valence-corrected chi connectivity index (χ2v) is 3.98. The first-order valence-corrected chi connectivity index (χ1v) is 5.36. The molecule has 0 fully saturated rings. The molecule has 5 heteroatoms. The third-order valence-electron chi connectivity index (χ3n) is 2.55. The molecule has 94 valence electrons. The fourth-order valence-corrected chi connectivity index (χ4v) is 1.27. The monoisotopic (exact) mass is 242 g/mol. The Morgan fingerprint density at radius 2 is 2.00 bits per heavy atom. The van der Waals surface area contributed by atoms with Gasteiger partial charge in [0.15, 0.2) is 0 Å². The molecule has 0 radical (unpaired) electrons. The van der Waals surface area contributed by atoms with Crippen LogP contribution in [0, 0.1) is 18.6 Å². The van der Waals surface area contributed by atoms with Crippen molar-refractivity contribution in [1.82, 2.24) is 10.6 Å². The Balaban J connectivity index is 2.79. The molecule has 0 aliphatic carbocycles. The zero-order valence-electron chi connectivity index (χ0n) is 10.1. The topological polar surface area (TPSA) is 41.1 Å². The van der Waals surface area contributed by atoms with Crippen LogP contribution in [0.5, 0.6) is 0 Å². The summed E-state index contributed by atoms with van der Waals surface area (Å²) < 4.78 is 26.4. The molecular weight excluding hydrogens is 226 g/mol. The van der Waals surface area contributed by atoms with Crippen molar-refractivity contribution in [3.8, 4) is 0 Å². The Hall–Kier alpha value is -1.49. The summed E-state index contributed by atoms with van der Waals surface area (Å²) in [6, 6.07) is 2.03. The van der Waals surface area contributed by atoms with Gasteiger partial charge in [-0.25, -0.2) is 8.78 Å². The number of hydrogen-bond acceptors (Lipinski definition) is 2. The predicted molar refractivity (Wildman–Crippen MR) is 61.9 cm³/mol. The highest BCUT2D eigenvalue weighted by Crippen LogP contribution is 2.13. The van der Waals surface area contributed by atoms with E-state index in [4.69, 9.17) is 0 Å². The number of likely N-dealkylation sites (N-methyl/N-ethyl adjacent to an activating group) is 1. The average Bonchev–Trinajstić information content (AvgIpc) is 2.30. The summed E-state index contributed by atoms with van der Waals surface area (Å²) in [7, 11) is 1.76. The standard InChI is InChI=1S/C12H16F2N2O/c1-7-4-9(11(14)5-10(7)13)12(17)16-6-8(2)15-3/h4-5,8,15H,6H2,1-3H3,(H,16,17). The smallest absolute Gasteiger partial charge is 0.254 e. The van der Waals surface area contributed by atoms with Crippen molar-refractivity contribution in [3.05, 3.63) is 34.9 Å². The number of hydrogen-bond donors (Lipinski definition) is 2. The van der Waals surface area contributed by atoms with Crippen LogP contribution >= 0.6 is 0 Å². The van der Waals surface area contributed by atoms with Crippen molar-refractivity contribution in [3.63, 3.8) is 0 Å². The maximum atomic E-state index is 13.4. The van der Waals surface area contributed by atoms with Crippen molar-refractivity contribution in [2.75, 3.05) is 13.6 Å². The molecule has 0 spiro atoms. The van der Waals surface area contributed by atoms with Gasteiger partial charge in [-0.15, -0.1) is 0 Å². The second kappa shape index (κ2) is 5.72. The van der Waals surface area contributed by atoms with Gasteiger partial charge in [-0.2, -0.15) is 0 Å². The largest absolute Gasteiger partial charge is 0.350 e. The Labute approximate surface area is 99.2 Å². The highest BCUT2D eigenvalue weighted by Gasteiger charge is 2.14. The van der Waals surface area contributed by atoms with E-state index in [1.165, 1.54) is 13.0 Å². The molecule has 0 bridgehead atoms. The van der Waals surface area contributed by atoms with Crippen LogP contribution in [0.1, 0.15) is 22.8 Å². The van der Waals surface area contributed by atoms with Crippen molar-refractivity contribution < 1.29 is 13.6 Å². The quantitative estimate of drug-likeness (QED) is 0.842. The molecule has 0 heterocycles. The van der Waals surface area contributed by atoms with Crippen LogP contribution < -0.4 is 10.6 Å². The van der Waals surface area contributed by atoms with E-state index in [0.29, 0.717) is 6.54 Å². The number of aryl methyl sites for hydroxylation is 1. The van der Waals surface area contributed by atoms with E-state index in [1.54, 1.807) is 7.05 Å². The van der Waals surface area contributed by atoms with E-state index >= 15 is 0 Å². The lowest BCUT2D eigenvalue weighted by molar-refractivity contribution is 0.0946. The predicted octanol–water partition coefficient (Wildman–Crippen LogP) is 1.61. The number of amides is 1. The molecule has 3 nitrogen and oxygen atoms in total. The summed E-state index contributed by atoms with van der Waals surface area (Å²) in [4.78, 5) is 11.6. The van der Waals surface area contributed by atoms with Gasteiger partial charge in [0.05, 0.1) is 5.56 Å². The van der Waals surface area contributed by atoms with Gasteiger partial charge < -0.3 is 10.6 Å². The van der Waals surface area contributed by atoms with Crippen molar-refractivity contribution in [1.29, 1.82) is 0 Å². The van der Waals surface area contributed by atoms with Crippen LogP contribution in [0.25, 0.3) is 0 Å². The molecule has 0 saturated heterocycles. The van der Waals surface area contributed by atoms with E-state index in [2.05, 4.69) is 10.6 Å². The molecule has 17 heavy (non-hydrogen) atoms. The first-order chi connectivity index (χ1) is 7.95. The maximum absolute atomic E-state index is 13.4.